The average Bonchev–Trinajstić information content (AvgIpc) is 3.58. The van der Waals surface area contributed by atoms with E-state index in [0.29, 0.717) is 28.1 Å². The molecule has 0 unspecified atom stereocenters. The molecule has 8 aromatic rings. The minimum absolute atomic E-state index is 0.0138. The number of fused-ring (bicyclic) bond motifs is 6. The summed E-state index contributed by atoms with van der Waals surface area (Å²) in [5, 5.41) is 11.6. The van der Waals surface area contributed by atoms with Crippen molar-refractivity contribution in [2.75, 3.05) is 0 Å². The van der Waals surface area contributed by atoms with Gasteiger partial charge in [-0.05, 0) is 92.2 Å². The van der Waals surface area contributed by atoms with Crippen molar-refractivity contribution in [3.8, 4) is 28.6 Å². The number of benzene rings is 5. The van der Waals surface area contributed by atoms with Crippen LogP contribution in [0.15, 0.2) is 109 Å². The molecular formula is C40H24F6N4. The van der Waals surface area contributed by atoms with Crippen molar-refractivity contribution in [2.24, 2.45) is 0 Å². The second-order valence-corrected chi connectivity index (χ2v) is 12.4. The van der Waals surface area contributed by atoms with Gasteiger partial charge in [0.15, 0.2) is 0 Å². The lowest BCUT2D eigenvalue weighted by Crippen LogP contribution is -2.06. The molecule has 0 saturated carbocycles. The maximum absolute atomic E-state index is 14.0. The van der Waals surface area contributed by atoms with Gasteiger partial charge < -0.3 is 9.13 Å². The number of rotatable bonds is 3. The molecule has 0 aliphatic carbocycles. The molecule has 0 amide bonds. The van der Waals surface area contributed by atoms with Gasteiger partial charge in [0, 0.05) is 27.1 Å². The van der Waals surface area contributed by atoms with E-state index in [1.54, 1.807) is 41.2 Å². The van der Waals surface area contributed by atoms with Crippen LogP contribution < -0.4 is 0 Å². The largest absolute Gasteiger partial charge is 0.416 e. The number of nitriles is 1. The van der Waals surface area contributed by atoms with Crippen LogP contribution in [0.25, 0.3) is 66.1 Å². The van der Waals surface area contributed by atoms with Crippen molar-refractivity contribution in [1.82, 2.24) is 14.1 Å². The van der Waals surface area contributed by atoms with Gasteiger partial charge in [0.2, 0.25) is 0 Å². The average molecular weight is 675 g/mol. The van der Waals surface area contributed by atoms with Crippen LogP contribution in [0.2, 0.25) is 0 Å². The van der Waals surface area contributed by atoms with E-state index in [1.165, 1.54) is 12.1 Å². The molecule has 50 heavy (non-hydrogen) atoms. The molecule has 246 valence electrons. The van der Waals surface area contributed by atoms with Crippen molar-refractivity contribution in [3.05, 3.63) is 137 Å². The summed E-state index contributed by atoms with van der Waals surface area (Å²) in [5.41, 5.74) is 5.27. The normalized spacial score (nSPS) is 12.4. The highest BCUT2D eigenvalue weighted by Crippen LogP contribution is 2.44. The van der Waals surface area contributed by atoms with Gasteiger partial charge in [-0.2, -0.15) is 31.6 Å². The lowest BCUT2D eigenvalue weighted by Gasteiger charge is -2.19. The number of aromatic nitrogens is 3. The molecular weight excluding hydrogens is 650 g/mol. The molecule has 0 radical (unpaired) electrons. The van der Waals surface area contributed by atoms with E-state index in [-0.39, 0.29) is 21.8 Å². The first kappa shape index (κ1) is 31.2. The van der Waals surface area contributed by atoms with E-state index in [1.807, 2.05) is 38.1 Å². The summed E-state index contributed by atoms with van der Waals surface area (Å²) in [4.78, 5) is 4.64. The summed E-state index contributed by atoms with van der Waals surface area (Å²) >= 11 is 0. The highest BCUT2D eigenvalue weighted by atomic mass is 19.4. The fraction of sp³-hybridized carbons (Fsp3) is 0.100. The summed E-state index contributed by atoms with van der Waals surface area (Å²) < 4.78 is 87.5. The molecule has 0 atom stereocenters. The van der Waals surface area contributed by atoms with Gasteiger partial charge in [0.25, 0.3) is 0 Å². The lowest BCUT2D eigenvalue weighted by atomic mass is 10.0. The van der Waals surface area contributed by atoms with Crippen molar-refractivity contribution in [2.45, 2.75) is 26.2 Å². The number of nitrogens with zero attached hydrogens (tertiary/aromatic N) is 4. The number of pyridine rings is 1. The third-order valence-electron chi connectivity index (χ3n) is 9.19. The molecule has 0 N–H and O–H groups in total. The number of hydrogen-bond donors (Lipinski definition) is 0. The zero-order chi connectivity index (χ0) is 35.1. The Bertz CT molecular complexity index is 2580. The second-order valence-electron chi connectivity index (χ2n) is 12.4. The molecule has 0 spiro atoms. The number of hydrogen-bond acceptors (Lipinski definition) is 2. The van der Waals surface area contributed by atoms with Gasteiger partial charge in [-0.1, -0.05) is 35.4 Å². The van der Waals surface area contributed by atoms with Crippen molar-refractivity contribution in [1.29, 1.82) is 5.26 Å². The summed E-state index contributed by atoms with van der Waals surface area (Å²) in [6.07, 6.45) is -6.17. The minimum atomic E-state index is -4.72. The fourth-order valence-electron chi connectivity index (χ4n) is 6.93. The van der Waals surface area contributed by atoms with Crippen LogP contribution in [-0.2, 0) is 12.4 Å². The Morgan fingerprint density at radius 3 is 1.34 bits per heavy atom. The van der Waals surface area contributed by atoms with Gasteiger partial charge in [-0.25, -0.2) is 0 Å². The molecule has 0 saturated heterocycles. The first-order chi connectivity index (χ1) is 23.8. The first-order valence-corrected chi connectivity index (χ1v) is 15.6. The summed E-state index contributed by atoms with van der Waals surface area (Å²) in [6.45, 7) is 4.03. The van der Waals surface area contributed by atoms with Crippen LogP contribution in [0, 0.1) is 25.2 Å². The first-order valence-electron chi connectivity index (χ1n) is 15.6. The number of alkyl halides is 6. The van der Waals surface area contributed by atoms with Gasteiger partial charge in [-0.15, -0.1) is 0 Å². The Labute approximate surface area is 281 Å². The SMILES string of the molecule is Cc1ccc2c(c1)c1cc(C)ccc1n2-c1cncc(-n2c3ccc(C(F)(F)F)cc3c3cc(C(F)(F)F)ccc32)c1-c1ccc(C#N)cc1. The van der Waals surface area contributed by atoms with Crippen molar-refractivity contribution < 1.29 is 26.3 Å². The van der Waals surface area contributed by atoms with Gasteiger partial charge in [-0.3, -0.25) is 4.98 Å². The second kappa shape index (κ2) is 11.0. The van der Waals surface area contributed by atoms with Crippen LogP contribution in [0.1, 0.15) is 27.8 Å². The fourth-order valence-corrected chi connectivity index (χ4v) is 6.93. The van der Waals surface area contributed by atoms with E-state index in [4.69, 9.17) is 0 Å². The monoisotopic (exact) mass is 674 g/mol. The number of halogens is 6. The lowest BCUT2D eigenvalue weighted by molar-refractivity contribution is -0.138. The van der Waals surface area contributed by atoms with Crippen LogP contribution in [-0.4, -0.2) is 14.1 Å². The zero-order valence-electron chi connectivity index (χ0n) is 26.4. The predicted molar refractivity (Wildman–Crippen MR) is 183 cm³/mol. The number of aryl methyl sites for hydroxylation is 2. The molecule has 0 bridgehead atoms. The molecule has 0 aliphatic rings. The Kier molecular flexibility index (Phi) is 6.85. The molecule has 5 aromatic carbocycles. The smallest absolute Gasteiger partial charge is 0.307 e. The third-order valence-corrected chi connectivity index (χ3v) is 9.19. The summed E-state index contributed by atoms with van der Waals surface area (Å²) in [6, 6.07) is 27.5. The summed E-state index contributed by atoms with van der Waals surface area (Å²) in [5.74, 6) is 0. The van der Waals surface area contributed by atoms with Gasteiger partial charge in [0.1, 0.15) is 0 Å². The highest BCUT2D eigenvalue weighted by molar-refractivity contribution is 6.12. The van der Waals surface area contributed by atoms with E-state index in [0.717, 1.165) is 57.2 Å². The van der Waals surface area contributed by atoms with E-state index in [9.17, 15) is 31.6 Å². The van der Waals surface area contributed by atoms with Gasteiger partial charge >= 0.3 is 12.4 Å². The Morgan fingerprint density at radius 2 is 0.940 bits per heavy atom. The maximum atomic E-state index is 14.0. The van der Waals surface area contributed by atoms with Crippen LogP contribution in [0.3, 0.4) is 0 Å². The minimum Gasteiger partial charge on any atom is -0.307 e. The highest BCUT2D eigenvalue weighted by Gasteiger charge is 2.34. The molecule has 4 nitrogen and oxygen atoms in total. The standard InChI is InChI=1S/C40H24F6N4/c1-22-3-11-32-28(15-22)29-16-23(2)4-12-33(29)49(32)36-20-48-21-37(38(36)25-7-5-24(19-47)6-8-25)50-34-13-9-26(39(41,42)43)17-30(34)31-18-27(40(44,45)46)10-14-35(31)50/h3-18,20-21H,1-2H3. The topological polar surface area (TPSA) is 46.5 Å². The van der Waals surface area contributed by atoms with E-state index in [2.05, 4.69) is 27.8 Å². The molecule has 0 aliphatic heterocycles. The molecule has 3 heterocycles. The molecule has 3 aromatic heterocycles. The maximum Gasteiger partial charge on any atom is 0.416 e. The third kappa shape index (κ3) is 4.88. The van der Waals surface area contributed by atoms with E-state index >= 15 is 0 Å². The predicted octanol–water partition coefficient (Wildman–Crippen LogP) is 11.5. The van der Waals surface area contributed by atoms with E-state index < -0.39 is 23.5 Å². The molecule has 0 fully saturated rings. The Hall–Kier alpha value is -6.08. The van der Waals surface area contributed by atoms with Crippen LogP contribution in [0.5, 0.6) is 0 Å². The van der Waals surface area contributed by atoms with Crippen LogP contribution >= 0.6 is 0 Å². The van der Waals surface area contributed by atoms with Crippen molar-refractivity contribution in [3.63, 3.8) is 0 Å². The van der Waals surface area contributed by atoms with Crippen LogP contribution in [0.4, 0.5) is 26.3 Å². The van der Waals surface area contributed by atoms with Gasteiger partial charge in [0.05, 0.1) is 68.6 Å². The van der Waals surface area contributed by atoms with Crippen molar-refractivity contribution >= 4 is 43.6 Å². The molecule has 8 rings (SSSR count). The quantitative estimate of drug-likeness (QED) is 0.175. The zero-order valence-corrected chi connectivity index (χ0v) is 26.4. The molecule has 10 heteroatoms. The Morgan fingerprint density at radius 1 is 0.540 bits per heavy atom. The summed E-state index contributed by atoms with van der Waals surface area (Å²) in [7, 11) is 0. The Balaban J connectivity index is 1.53.